The number of H-pyrrole nitrogens is 1. The first-order chi connectivity index (χ1) is 10.8. The number of nitrogens with zero attached hydrogens (tertiary/aromatic N) is 1. The van der Waals surface area contributed by atoms with Crippen molar-refractivity contribution in [3.63, 3.8) is 0 Å². The Morgan fingerprint density at radius 1 is 1.21 bits per heavy atom. The lowest BCUT2D eigenvalue weighted by Crippen LogP contribution is -2.45. The molecule has 0 radical (unpaired) electrons. The topological polar surface area (TPSA) is 40.3 Å². The Labute approximate surface area is 157 Å². The summed E-state index contributed by atoms with van der Waals surface area (Å²) in [6.45, 7) is 6.71. The Balaban J connectivity index is 0.00000144. The average molecular weight is 374 g/mol. The maximum Gasteiger partial charge on any atom is 0.119 e. The third-order valence-electron chi connectivity index (χ3n) is 4.70. The van der Waals surface area contributed by atoms with Gasteiger partial charge in [-0.2, -0.15) is 0 Å². The van der Waals surface area contributed by atoms with Crippen molar-refractivity contribution in [1.82, 2.24) is 15.2 Å². The first-order valence-electron chi connectivity index (χ1n) is 8.43. The largest absolute Gasteiger partial charge is 0.497 e. The van der Waals surface area contributed by atoms with Crippen LogP contribution in [0.1, 0.15) is 37.8 Å². The molecule has 4 nitrogen and oxygen atoms in total. The van der Waals surface area contributed by atoms with Gasteiger partial charge >= 0.3 is 0 Å². The van der Waals surface area contributed by atoms with Crippen LogP contribution in [0.4, 0.5) is 0 Å². The summed E-state index contributed by atoms with van der Waals surface area (Å²) in [7, 11) is 1.73. The van der Waals surface area contributed by atoms with Crippen LogP contribution in [0, 0.1) is 0 Å². The number of unbranched alkanes of at least 4 members (excludes halogenated alkanes) is 1. The van der Waals surface area contributed by atoms with E-state index < -0.39 is 0 Å². The fraction of sp³-hybridized carbons (Fsp3) is 0.556. The van der Waals surface area contributed by atoms with Crippen molar-refractivity contribution in [1.29, 1.82) is 0 Å². The zero-order valence-corrected chi connectivity index (χ0v) is 16.1. The average Bonchev–Trinajstić information content (AvgIpc) is 2.99. The molecular formula is C18H29Cl2N3O. The van der Waals surface area contributed by atoms with Gasteiger partial charge in [0.05, 0.1) is 7.11 Å². The van der Waals surface area contributed by atoms with E-state index in [1.165, 1.54) is 35.7 Å². The highest BCUT2D eigenvalue weighted by Gasteiger charge is 2.24. The number of halogens is 2. The van der Waals surface area contributed by atoms with Gasteiger partial charge in [0.2, 0.25) is 0 Å². The molecule has 2 heterocycles. The smallest absolute Gasteiger partial charge is 0.119 e. The molecule has 1 atom stereocenters. The van der Waals surface area contributed by atoms with Crippen LogP contribution >= 0.6 is 24.8 Å². The van der Waals surface area contributed by atoms with E-state index in [1.807, 2.05) is 6.07 Å². The van der Waals surface area contributed by atoms with E-state index in [-0.39, 0.29) is 24.8 Å². The molecule has 24 heavy (non-hydrogen) atoms. The lowest BCUT2D eigenvalue weighted by molar-refractivity contribution is 0.164. The number of fused-ring (bicyclic) bond motifs is 1. The van der Waals surface area contributed by atoms with Crippen molar-refractivity contribution in [2.45, 2.75) is 32.2 Å². The number of aromatic amines is 1. The molecule has 1 aromatic carbocycles. The highest BCUT2D eigenvalue weighted by atomic mass is 35.5. The number of nitrogens with one attached hydrogen (secondary N) is 2. The Morgan fingerprint density at radius 3 is 2.62 bits per heavy atom. The zero-order valence-electron chi connectivity index (χ0n) is 14.5. The van der Waals surface area contributed by atoms with E-state index in [1.54, 1.807) is 7.11 Å². The third-order valence-corrected chi connectivity index (χ3v) is 4.70. The number of aromatic nitrogens is 1. The number of methoxy groups -OCH3 is 1. The molecule has 1 aromatic heterocycles. The van der Waals surface area contributed by atoms with Gasteiger partial charge in [0.1, 0.15) is 5.75 Å². The lowest BCUT2D eigenvalue weighted by Gasteiger charge is -2.35. The fourth-order valence-electron chi connectivity index (χ4n) is 3.45. The molecule has 1 fully saturated rings. The van der Waals surface area contributed by atoms with Gasteiger partial charge in [0.15, 0.2) is 0 Å². The normalized spacial score (nSPS) is 16.2. The van der Waals surface area contributed by atoms with Crippen LogP contribution in [0.5, 0.6) is 5.75 Å². The molecule has 0 spiro atoms. The molecule has 0 bridgehead atoms. The van der Waals surface area contributed by atoms with Gasteiger partial charge in [-0.05, 0) is 30.2 Å². The summed E-state index contributed by atoms with van der Waals surface area (Å²) >= 11 is 0. The van der Waals surface area contributed by atoms with Gasteiger partial charge in [0, 0.05) is 49.3 Å². The number of piperazine rings is 1. The Morgan fingerprint density at radius 2 is 1.96 bits per heavy atom. The molecule has 0 amide bonds. The monoisotopic (exact) mass is 373 g/mol. The zero-order chi connectivity index (χ0) is 15.4. The van der Waals surface area contributed by atoms with Gasteiger partial charge < -0.3 is 15.0 Å². The number of hydrogen-bond donors (Lipinski definition) is 2. The van der Waals surface area contributed by atoms with Crippen LogP contribution in [0.2, 0.25) is 0 Å². The highest BCUT2D eigenvalue weighted by Crippen LogP contribution is 2.34. The SMILES string of the molecule is CCCC[C@H](c1c[nH]c2ccc(OC)cc12)N1CCNCC1.Cl.Cl. The lowest BCUT2D eigenvalue weighted by atomic mass is 9.98. The number of hydrogen-bond acceptors (Lipinski definition) is 3. The number of ether oxygens (including phenoxy) is 1. The van der Waals surface area contributed by atoms with Gasteiger partial charge in [-0.25, -0.2) is 0 Å². The summed E-state index contributed by atoms with van der Waals surface area (Å²) in [6.07, 6.45) is 5.94. The summed E-state index contributed by atoms with van der Waals surface area (Å²) < 4.78 is 5.42. The van der Waals surface area contributed by atoms with Crippen molar-refractivity contribution in [2.75, 3.05) is 33.3 Å². The summed E-state index contributed by atoms with van der Waals surface area (Å²) in [5.41, 5.74) is 2.62. The number of rotatable bonds is 6. The second kappa shape index (κ2) is 10.1. The van der Waals surface area contributed by atoms with E-state index >= 15 is 0 Å². The minimum atomic E-state index is 0. The van der Waals surface area contributed by atoms with Gasteiger partial charge in [-0.1, -0.05) is 19.8 Å². The maximum atomic E-state index is 5.42. The van der Waals surface area contributed by atoms with Crippen LogP contribution in [-0.2, 0) is 0 Å². The molecule has 1 aliphatic rings. The van der Waals surface area contributed by atoms with E-state index in [4.69, 9.17) is 4.74 Å². The predicted octanol–water partition coefficient (Wildman–Crippen LogP) is 4.16. The molecule has 3 rings (SSSR count). The molecule has 0 unspecified atom stereocenters. The summed E-state index contributed by atoms with van der Waals surface area (Å²) in [5, 5.41) is 4.76. The van der Waals surface area contributed by atoms with Crippen molar-refractivity contribution in [2.24, 2.45) is 0 Å². The quantitative estimate of drug-likeness (QED) is 0.798. The fourth-order valence-corrected chi connectivity index (χ4v) is 3.45. The van der Waals surface area contributed by atoms with Gasteiger partial charge in [-0.15, -0.1) is 24.8 Å². The second-order valence-electron chi connectivity index (χ2n) is 6.10. The highest BCUT2D eigenvalue weighted by molar-refractivity contribution is 5.86. The first-order valence-corrected chi connectivity index (χ1v) is 8.43. The van der Waals surface area contributed by atoms with Crippen LogP contribution in [0.15, 0.2) is 24.4 Å². The van der Waals surface area contributed by atoms with Crippen molar-refractivity contribution < 1.29 is 4.74 Å². The molecule has 136 valence electrons. The summed E-state index contributed by atoms with van der Waals surface area (Å²) in [5.74, 6) is 0.933. The van der Waals surface area contributed by atoms with Crippen LogP contribution < -0.4 is 10.1 Å². The van der Waals surface area contributed by atoms with E-state index in [2.05, 4.69) is 40.5 Å². The Bertz CT molecular complexity index is 611. The van der Waals surface area contributed by atoms with Crippen LogP contribution in [-0.4, -0.2) is 43.2 Å². The van der Waals surface area contributed by atoms with Crippen molar-refractivity contribution in [3.8, 4) is 5.75 Å². The number of benzene rings is 1. The van der Waals surface area contributed by atoms with Crippen molar-refractivity contribution >= 4 is 35.7 Å². The van der Waals surface area contributed by atoms with E-state index in [0.29, 0.717) is 6.04 Å². The van der Waals surface area contributed by atoms with Crippen LogP contribution in [0.3, 0.4) is 0 Å². The predicted molar refractivity (Wildman–Crippen MR) is 106 cm³/mol. The standard InChI is InChI=1S/C18H27N3O.2ClH/c1-3-4-5-18(21-10-8-19-9-11-21)16-13-20-17-7-6-14(22-2)12-15(16)17;;/h6-7,12-13,18-20H,3-5,8-11H2,1-2H3;2*1H/t18-;;/m1../s1. The van der Waals surface area contributed by atoms with Gasteiger partial charge in [-0.3, -0.25) is 4.90 Å². The third kappa shape index (κ3) is 4.57. The molecule has 0 saturated carbocycles. The van der Waals surface area contributed by atoms with Gasteiger partial charge in [0.25, 0.3) is 0 Å². The minimum absolute atomic E-state index is 0. The first kappa shape index (κ1) is 21.1. The molecule has 2 aromatic rings. The summed E-state index contributed by atoms with van der Waals surface area (Å²) in [6, 6.07) is 6.81. The molecule has 6 heteroatoms. The maximum absolute atomic E-state index is 5.42. The van der Waals surface area contributed by atoms with E-state index in [9.17, 15) is 0 Å². The van der Waals surface area contributed by atoms with E-state index in [0.717, 1.165) is 31.9 Å². The molecule has 0 aliphatic carbocycles. The molecule has 1 aliphatic heterocycles. The Kier molecular flexibility index (Phi) is 8.92. The Hall–Kier alpha value is -0.940. The summed E-state index contributed by atoms with van der Waals surface area (Å²) in [4.78, 5) is 6.07. The van der Waals surface area contributed by atoms with Crippen molar-refractivity contribution in [3.05, 3.63) is 30.0 Å². The molecule has 2 N–H and O–H groups in total. The minimum Gasteiger partial charge on any atom is -0.497 e. The molecule has 1 saturated heterocycles. The van der Waals surface area contributed by atoms with Crippen LogP contribution in [0.25, 0.3) is 10.9 Å². The molecular weight excluding hydrogens is 345 g/mol. The second-order valence-corrected chi connectivity index (χ2v) is 6.10.